The molecule has 1 atom stereocenters. The second-order valence-electron chi connectivity index (χ2n) is 5.92. The molecule has 2 aliphatic heterocycles. The summed E-state index contributed by atoms with van der Waals surface area (Å²) in [6.07, 6.45) is 6.71. The number of benzene rings is 1. The quantitative estimate of drug-likeness (QED) is 0.890. The molecule has 3 rings (SSSR count). The lowest BCUT2D eigenvalue weighted by Crippen LogP contribution is -2.56. The molecule has 0 spiro atoms. The van der Waals surface area contributed by atoms with Gasteiger partial charge in [-0.1, -0.05) is 23.7 Å². The van der Waals surface area contributed by atoms with Gasteiger partial charge in [-0.25, -0.2) is 0 Å². The molecule has 2 fully saturated rings. The Balaban J connectivity index is 1.59. The minimum atomic E-state index is 0.309. The highest BCUT2D eigenvalue weighted by Gasteiger charge is 2.38. The van der Waals surface area contributed by atoms with E-state index in [1.807, 2.05) is 6.07 Å². The molecule has 2 heterocycles. The first-order valence-electron chi connectivity index (χ1n) is 7.37. The minimum Gasteiger partial charge on any atom is -0.378 e. The number of hydrogen-bond acceptors (Lipinski definition) is 2. The van der Waals surface area contributed by atoms with Gasteiger partial charge >= 0.3 is 0 Å². The molecule has 1 N–H and O–H groups in total. The molecule has 1 aromatic rings. The molecular formula is C16H22ClNO. The molecule has 1 unspecified atom stereocenters. The van der Waals surface area contributed by atoms with E-state index in [9.17, 15) is 0 Å². The summed E-state index contributed by atoms with van der Waals surface area (Å²) in [5.74, 6) is 0. The molecule has 2 aliphatic rings. The van der Waals surface area contributed by atoms with Gasteiger partial charge in [0.2, 0.25) is 0 Å². The van der Waals surface area contributed by atoms with Crippen LogP contribution in [0, 0.1) is 0 Å². The molecular weight excluding hydrogens is 258 g/mol. The maximum absolute atomic E-state index is 6.13. The molecule has 104 valence electrons. The van der Waals surface area contributed by atoms with Crippen molar-refractivity contribution in [3.05, 3.63) is 34.9 Å². The third-order valence-electron chi connectivity index (χ3n) is 4.57. The highest BCUT2D eigenvalue weighted by atomic mass is 35.5. The average molecular weight is 280 g/mol. The van der Waals surface area contributed by atoms with Gasteiger partial charge in [0.15, 0.2) is 0 Å². The van der Waals surface area contributed by atoms with Crippen molar-refractivity contribution in [2.24, 2.45) is 0 Å². The van der Waals surface area contributed by atoms with Gasteiger partial charge in [-0.05, 0) is 49.8 Å². The Labute approximate surface area is 120 Å². The highest BCUT2D eigenvalue weighted by Crippen LogP contribution is 2.35. The van der Waals surface area contributed by atoms with Crippen LogP contribution >= 0.6 is 11.6 Å². The molecule has 0 saturated carbocycles. The molecule has 0 aromatic heterocycles. The monoisotopic (exact) mass is 279 g/mol. The maximum Gasteiger partial charge on any atom is 0.0576 e. The Hall–Kier alpha value is -0.570. The predicted octanol–water partition coefficient (Wildman–Crippen LogP) is 3.53. The SMILES string of the molecule is Clc1cccc(C2(CCCC3CCCO3)CNC2)c1. The van der Waals surface area contributed by atoms with Crippen LogP contribution in [0.15, 0.2) is 24.3 Å². The average Bonchev–Trinajstić information content (AvgIpc) is 2.85. The van der Waals surface area contributed by atoms with Crippen LogP contribution in [-0.2, 0) is 10.2 Å². The van der Waals surface area contributed by atoms with Crippen molar-refractivity contribution in [1.82, 2.24) is 5.32 Å². The number of rotatable bonds is 5. The van der Waals surface area contributed by atoms with E-state index in [1.165, 1.54) is 37.7 Å². The fraction of sp³-hybridized carbons (Fsp3) is 0.625. The zero-order valence-electron chi connectivity index (χ0n) is 11.3. The molecule has 0 radical (unpaired) electrons. The van der Waals surface area contributed by atoms with Gasteiger partial charge in [0.1, 0.15) is 0 Å². The predicted molar refractivity (Wildman–Crippen MR) is 78.8 cm³/mol. The van der Waals surface area contributed by atoms with Crippen LogP contribution in [0.5, 0.6) is 0 Å². The molecule has 1 aromatic carbocycles. The molecule has 2 saturated heterocycles. The Morgan fingerprint density at radius 1 is 1.37 bits per heavy atom. The Kier molecular flexibility index (Phi) is 4.11. The summed E-state index contributed by atoms with van der Waals surface area (Å²) < 4.78 is 5.71. The number of nitrogens with one attached hydrogen (secondary N) is 1. The lowest BCUT2D eigenvalue weighted by molar-refractivity contribution is 0.0980. The Morgan fingerprint density at radius 3 is 2.89 bits per heavy atom. The minimum absolute atomic E-state index is 0.309. The van der Waals surface area contributed by atoms with Crippen molar-refractivity contribution in [3.8, 4) is 0 Å². The van der Waals surface area contributed by atoms with Crippen molar-refractivity contribution in [2.75, 3.05) is 19.7 Å². The van der Waals surface area contributed by atoms with Crippen LogP contribution in [0.4, 0.5) is 0 Å². The van der Waals surface area contributed by atoms with Crippen molar-refractivity contribution < 1.29 is 4.74 Å². The standard InChI is InChI=1S/C16H22ClNO/c17-14-5-1-4-13(10-14)16(11-18-12-16)8-2-6-15-7-3-9-19-15/h1,4-5,10,15,18H,2-3,6-9,11-12H2. The zero-order chi connectivity index (χ0) is 13.1. The molecule has 3 heteroatoms. The second kappa shape index (κ2) is 5.82. The number of ether oxygens (including phenoxy) is 1. The summed E-state index contributed by atoms with van der Waals surface area (Å²) in [4.78, 5) is 0. The molecule has 0 bridgehead atoms. The van der Waals surface area contributed by atoms with Gasteiger partial charge in [-0.15, -0.1) is 0 Å². The van der Waals surface area contributed by atoms with Gasteiger partial charge in [-0.3, -0.25) is 0 Å². The molecule has 0 amide bonds. The zero-order valence-corrected chi connectivity index (χ0v) is 12.1. The smallest absolute Gasteiger partial charge is 0.0576 e. The number of hydrogen-bond donors (Lipinski definition) is 1. The first-order chi connectivity index (χ1) is 9.28. The van der Waals surface area contributed by atoms with Gasteiger partial charge < -0.3 is 10.1 Å². The van der Waals surface area contributed by atoms with Crippen LogP contribution in [0.2, 0.25) is 5.02 Å². The van der Waals surface area contributed by atoms with E-state index in [0.717, 1.165) is 24.7 Å². The Bertz CT molecular complexity index is 425. The largest absolute Gasteiger partial charge is 0.378 e. The third-order valence-corrected chi connectivity index (χ3v) is 4.80. The van der Waals surface area contributed by atoms with Crippen LogP contribution < -0.4 is 5.32 Å². The first-order valence-corrected chi connectivity index (χ1v) is 7.75. The van der Waals surface area contributed by atoms with E-state index in [0.29, 0.717) is 11.5 Å². The van der Waals surface area contributed by atoms with Crippen molar-refractivity contribution in [1.29, 1.82) is 0 Å². The fourth-order valence-corrected chi connectivity index (χ4v) is 3.50. The van der Waals surface area contributed by atoms with Crippen molar-refractivity contribution in [3.63, 3.8) is 0 Å². The first kappa shape index (κ1) is 13.4. The van der Waals surface area contributed by atoms with Crippen LogP contribution in [0.25, 0.3) is 0 Å². The summed E-state index contributed by atoms with van der Waals surface area (Å²) >= 11 is 6.13. The van der Waals surface area contributed by atoms with Gasteiger partial charge in [-0.2, -0.15) is 0 Å². The maximum atomic E-state index is 6.13. The lowest BCUT2D eigenvalue weighted by Gasteiger charge is -2.43. The molecule has 19 heavy (non-hydrogen) atoms. The van der Waals surface area contributed by atoms with Crippen LogP contribution in [0.1, 0.15) is 37.7 Å². The number of halogens is 1. The van der Waals surface area contributed by atoms with E-state index in [4.69, 9.17) is 16.3 Å². The van der Waals surface area contributed by atoms with Gasteiger partial charge in [0.05, 0.1) is 6.10 Å². The Morgan fingerprint density at radius 2 is 2.26 bits per heavy atom. The van der Waals surface area contributed by atoms with Crippen LogP contribution in [-0.4, -0.2) is 25.8 Å². The van der Waals surface area contributed by atoms with E-state index in [2.05, 4.69) is 23.5 Å². The van der Waals surface area contributed by atoms with Crippen LogP contribution in [0.3, 0.4) is 0 Å². The van der Waals surface area contributed by atoms with Crippen molar-refractivity contribution >= 4 is 11.6 Å². The molecule has 0 aliphatic carbocycles. The lowest BCUT2D eigenvalue weighted by atomic mass is 9.71. The summed E-state index contributed by atoms with van der Waals surface area (Å²) in [6.45, 7) is 3.13. The topological polar surface area (TPSA) is 21.3 Å². The van der Waals surface area contributed by atoms with E-state index < -0.39 is 0 Å². The third kappa shape index (κ3) is 2.96. The summed E-state index contributed by atoms with van der Waals surface area (Å²) in [6, 6.07) is 8.38. The van der Waals surface area contributed by atoms with E-state index >= 15 is 0 Å². The normalized spacial score (nSPS) is 25.2. The highest BCUT2D eigenvalue weighted by molar-refractivity contribution is 6.30. The van der Waals surface area contributed by atoms with Gasteiger partial charge in [0, 0.05) is 30.1 Å². The summed E-state index contributed by atoms with van der Waals surface area (Å²) in [5.41, 5.74) is 1.70. The fourth-order valence-electron chi connectivity index (χ4n) is 3.31. The van der Waals surface area contributed by atoms with E-state index in [-0.39, 0.29) is 0 Å². The van der Waals surface area contributed by atoms with Crippen molar-refractivity contribution in [2.45, 2.75) is 43.6 Å². The molecule has 2 nitrogen and oxygen atoms in total. The summed E-state index contributed by atoms with van der Waals surface area (Å²) in [7, 11) is 0. The van der Waals surface area contributed by atoms with Gasteiger partial charge in [0.25, 0.3) is 0 Å². The second-order valence-corrected chi connectivity index (χ2v) is 6.36. The van der Waals surface area contributed by atoms with E-state index in [1.54, 1.807) is 0 Å². The summed E-state index contributed by atoms with van der Waals surface area (Å²) in [5, 5.41) is 4.27.